The summed E-state index contributed by atoms with van der Waals surface area (Å²) in [5.74, 6) is -1.31. The summed E-state index contributed by atoms with van der Waals surface area (Å²) >= 11 is 0. The van der Waals surface area contributed by atoms with E-state index < -0.39 is 42.1 Å². The Labute approximate surface area is 159 Å². The first-order chi connectivity index (χ1) is 12.8. The topological polar surface area (TPSA) is 92.0 Å². The van der Waals surface area contributed by atoms with Crippen LogP contribution in [0.4, 0.5) is 0 Å². The zero-order valence-electron chi connectivity index (χ0n) is 16.2. The molecule has 7 nitrogen and oxygen atoms in total. The number of furan rings is 1. The molecule has 1 aliphatic rings. The second kappa shape index (κ2) is 9.06. The van der Waals surface area contributed by atoms with E-state index in [1.807, 2.05) is 6.92 Å². The molecule has 1 fully saturated rings. The normalized spacial score (nSPS) is 16.4. The number of esters is 3. The Bertz CT molecular complexity index is 639. The van der Waals surface area contributed by atoms with Gasteiger partial charge < -0.3 is 18.6 Å². The Morgan fingerprint density at radius 1 is 1.07 bits per heavy atom. The van der Waals surface area contributed by atoms with Crippen molar-refractivity contribution in [3.8, 4) is 0 Å². The van der Waals surface area contributed by atoms with Crippen molar-refractivity contribution < 1.29 is 33.0 Å². The lowest BCUT2D eigenvalue weighted by Gasteiger charge is -2.34. The number of carbonyl (C=O) groups is 3. The van der Waals surface area contributed by atoms with Crippen molar-refractivity contribution >= 4 is 17.9 Å². The summed E-state index contributed by atoms with van der Waals surface area (Å²) in [6.45, 7) is 4.26. The van der Waals surface area contributed by atoms with Crippen LogP contribution in [0.2, 0.25) is 0 Å². The second-order valence-corrected chi connectivity index (χ2v) is 7.48. The number of carbonyl (C=O) groups excluding carboxylic acids is 3. The summed E-state index contributed by atoms with van der Waals surface area (Å²) in [6.07, 6.45) is 6.41. The molecule has 0 N–H and O–H groups in total. The molecular formula is C20H28O7. The van der Waals surface area contributed by atoms with Crippen molar-refractivity contribution in [3.63, 3.8) is 0 Å². The monoisotopic (exact) mass is 380 g/mol. The van der Waals surface area contributed by atoms with Crippen molar-refractivity contribution in [2.75, 3.05) is 13.2 Å². The first kappa shape index (κ1) is 21.0. The van der Waals surface area contributed by atoms with Gasteiger partial charge in [-0.05, 0) is 58.1 Å². The minimum Gasteiger partial charge on any atom is -0.465 e. The largest absolute Gasteiger partial charge is 0.465 e. The molecular weight excluding hydrogens is 352 g/mol. The van der Waals surface area contributed by atoms with E-state index in [2.05, 4.69) is 0 Å². The lowest BCUT2D eigenvalue weighted by atomic mass is 9.83. The molecule has 0 unspecified atom stereocenters. The first-order valence-corrected chi connectivity index (χ1v) is 9.38. The van der Waals surface area contributed by atoms with Gasteiger partial charge in [0, 0.05) is 0 Å². The molecule has 27 heavy (non-hydrogen) atoms. The maximum Gasteiger partial charge on any atom is 0.345 e. The zero-order valence-corrected chi connectivity index (χ0v) is 16.2. The molecule has 0 bridgehead atoms. The third-order valence-electron chi connectivity index (χ3n) is 5.05. The number of hydrogen-bond acceptors (Lipinski definition) is 7. The van der Waals surface area contributed by atoms with Crippen LogP contribution in [0, 0.1) is 5.41 Å². The van der Waals surface area contributed by atoms with Crippen LogP contribution >= 0.6 is 0 Å². The quantitative estimate of drug-likeness (QED) is 0.503. The van der Waals surface area contributed by atoms with E-state index >= 15 is 0 Å². The molecule has 150 valence electrons. The SMILES string of the molecule is CCC(C)(C)C(=O)OCC(=O)OCC(=O)OC1(c2ccco2)CCCCC1. The van der Waals surface area contributed by atoms with E-state index in [4.69, 9.17) is 18.6 Å². The van der Waals surface area contributed by atoms with E-state index in [-0.39, 0.29) is 0 Å². The van der Waals surface area contributed by atoms with Crippen molar-refractivity contribution in [2.45, 2.75) is 64.9 Å². The summed E-state index contributed by atoms with van der Waals surface area (Å²) in [4.78, 5) is 35.8. The molecule has 0 aromatic carbocycles. The first-order valence-electron chi connectivity index (χ1n) is 9.38. The molecule has 0 aliphatic heterocycles. The van der Waals surface area contributed by atoms with Gasteiger partial charge in [0.25, 0.3) is 0 Å². The van der Waals surface area contributed by atoms with Gasteiger partial charge in [0.15, 0.2) is 18.8 Å². The van der Waals surface area contributed by atoms with Crippen LogP contribution in [0.25, 0.3) is 0 Å². The average molecular weight is 380 g/mol. The van der Waals surface area contributed by atoms with E-state index in [1.165, 1.54) is 0 Å². The van der Waals surface area contributed by atoms with Crippen LogP contribution in [-0.2, 0) is 34.2 Å². The molecule has 7 heteroatoms. The van der Waals surface area contributed by atoms with Crippen molar-refractivity contribution in [1.82, 2.24) is 0 Å². The smallest absolute Gasteiger partial charge is 0.345 e. The summed E-state index contributed by atoms with van der Waals surface area (Å²) in [5.41, 5.74) is -1.47. The van der Waals surface area contributed by atoms with Gasteiger partial charge in [-0.2, -0.15) is 0 Å². The van der Waals surface area contributed by atoms with Crippen LogP contribution in [0.3, 0.4) is 0 Å². The number of ether oxygens (including phenoxy) is 3. The van der Waals surface area contributed by atoms with Gasteiger partial charge in [-0.3, -0.25) is 4.79 Å². The predicted molar refractivity (Wildman–Crippen MR) is 95.6 cm³/mol. The Balaban J connectivity index is 1.82. The van der Waals surface area contributed by atoms with E-state index in [9.17, 15) is 14.4 Å². The molecule has 0 amide bonds. The van der Waals surface area contributed by atoms with Crippen LogP contribution in [0.1, 0.15) is 65.1 Å². The fourth-order valence-electron chi connectivity index (χ4n) is 2.95. The molecule has 0 saturated heterocycles. The third kappa shape index (κ3) is 5.58. The van der Waals surface area contributed by atoms with Gasteiger partial charge in [0.05, 0.1) is 11.7 Å². The van der Waals surface area contributed by atoms with Crippen LogP contribution in [0.15, 0.2) is 22.8 Å². The van der Waals surface area contributed by atoms with Gasteiger partial charge >= 0.3 is 17.9 Å². The fraction of sp³-hybridized carbons (Fsp3) is 0.650. The second-order valence-electron chi connectivity index (χ2n) is 7.48. The molecule has 0 spiro atoms. The Morgan fingerprint density at radius 3 is 2.33 bits per heavy atom. The maximum absolute atomic E-state index is 12.2. The highest BCUT2D eigenvalue weighted by atomic mass is 16.6. The number of rotatable bonds is 8. The fourth-order valence-corrected chi connectivity index (χ4v) is 2.95. The Morgan fingerprint density at radius 2 is 1.74 bits per heavy atom. The van der Waals surface area contributed by atoms with Gasteiger partial charge in [0.1, 0.15) is 5.76 Å². The van der Waals surface area contributed by atoms with E-state index in [0.29, 0.717) is 25.0 Å². The highest BCUT2D eigenvalue weighted by molar-refractivity contribution is 5.81. The van der Waals surface area contributed by atoms with Gasteiger partial charge in [-0.1, -0.05) is 13.3 Å². The van der Waals surface area contributed by atoms with Gasteiger partial charge in [-0.15, -0.1) is 0 Å². The lowest BCUT2D eigenvalue weighted by molar-refractivity contribution is -0.178. The third-order valence-corrected chi connectivity index (χ3v) is 5.05. The molecule has 1 aromatic heterocycles. The highest BCUT2D eigenvalue weighted by Crippen LogP contribution is 2.40. The minimum atomic E-state index is -0.803. The van der Waals surface area contributed by atoms with Crippen molar-refractivity contribution in [3.05, 3.63) is 24.2 Å². The maximum atomic E-state index is 12.2. The summed E-state index contributed by atoms with van der Waals surface area (Å²) in [6, 6.07) is 3.55. The summed E-state index contributed by atoms with van der Waals surface area (Å²) in [7, 11) is 0. The predicted octanol–water partition coefficient (Wildman–Crippen LogP) is 3.50. The standard InChI is InChI=1S/C20H28O7/c1-4-19(2,3)18(23)26-13-16(21)25-14-17(22)27-20(10-6-5-7-11-20)15-9-8-12-24-15/h8-9,12H,4-7,10-11,13-14H2,1-3H3. The Hall–Kier alpha value is -2.31. The van der Waals surface area contributed by atoms with Gasteiger partial charge in [0.2, 0.25) is 0 Å². The zero-order chi connectivity index (χ0) is 19.9. The molecule has 2 rings (SSSR count). The van der Waals surface area contributed by atoms with E-state index in [1.54, 1.807) is 32.2 Å². The van der Waals surface area contributed by atoms with Crippen molar-refractivity contribution in [2.24, 2.45) is 5.41 Å². The van der Waals surface area contributed by atoms with Crippen LogP contribution < -0.4 is 0 Å². The van der Waals surface area contributed by atoms with Crippen molar-refractivity contribution in [1.29, 1.82) is 0 Å². The summed E-state index contributed by atoms with van der Waals surface area (Å²) in [5, 5.41) is 0. The molecule has 1 saturated carbocycles. The number of hydrogen-bond donors (Lipinski definition) is 0. The molecule has 0 atom stereocenters. The van der Waals surface area contributed by atoms with Gasteiger partial charge in [-0.25, -0.2) is 9.59 Å². The molecule has 1 aromatic rings. The molecule has 1 aliphatic carbocycles. The Kier molecular flexibility index (Phi) is 7.05. The van der Waals surface area contributed by atoms with E-state index in [0.717, 1.165) is 19.3 Å². The van der Waals surface area contributed by atoms with Crippen LogP contribution in [0.5, 0.6) is 0 Å². The lowest BCUT2D eigenvalue weighted by Crippen LogP contribution is -2.36. The summed E-state index contributed by atoms with van der Waals surface area (Å²) < 4.78 is 20.9. The molecule has 1 heterocycles. The molecule has 0 radical (unpaired) electrons. The highest BCUT2D eigenvalue weighted by Gasteiger charge is 2.40. The average Bonchev–Trinajstić information content (AvgIpc) is 3.20. The van der Waals surface area contributed by atoms with Crippen LogP contribution in [-0.4, -0.2) is 31.1 Å². The minimum absolute atomic E-state index is 0.483.